The lowest BCUT2D eigenvalue weighted by Gasteiger charge is -2.22. The summed E-state index contributed by atoms with van der Waals surface area (Å²) in [5.74, 6) is 0.998. The van der Waals surface area contributed by atoms with Gasteiger partial charge in [0.25, 0.3) is 5.56 Å². The molecule has 0 saturated heterocycles. The number of aryl methyl sites for hydroxylation is 1. The molecule has 6 aromatic rings. The number of anilines is 1. The molecule has 39 heavy (non-hydrogen) atoms. The largest absolute Gasteiger partial charge is 0.371 e. The summed E-state index contributed by atoms with van der Waals surface area (Å²) in [6, 6.07) is 27.2. The molecule has 6 rings (SSSR count). The molecule has 0 radical (unpaired) electrons. The average Bonchev–Trinajstić information content (AvgIpc) is 2.97. The van der Waals surface area contributed by atoms with Gasteiger partial charge in [0.2, 0.25) is 5.69 Å². The first-order chi connectivity index (χ1) is 19.0. The Bertz CT molecular complexity index is 1960. The van der Waals surface area contributed by atoms with Crippen molar-refractivity contribution >= 4 is 33.2 Å². The second-order valence-corrected chi connectivity index (χ2v) is 9.36. The smallest absolute Gasteiger partial charge is 0.263 e. The molecule has 3 heterocycles. The maximum Gasteiger partial charge on any atom is 0.263 e. The molecule has 3 aromatic carbocycles. The van der Waals surface area contributed by atoms with Crippen molar-refractivity contribution in [2.75, 3.05) is 5.32 Å². The van der Waals surface area contributed by atoms with Crippen molar-refractivity contribution in [2.45, 2.75) is 19.9 Å². The number of nitrogens with zero attached hydrogens (tertiary/aromatic N) is 5. The molecule has 0 unspecified atom stereocenters. The zero-order valence-electron chi connectivity index (χ0n) is 21.5. The van der Waals surface area contributed by atoms with E-state index in [9.17, 15) is 4.79 Å². The molecule has 1 atom stereocenters. The summed E-state index contributed by atoms with van der Waals surface area (Å²) in [5, 5.41) is 5.81. The lowest BCUT2D eigenvalue weighted by atomic mass is 9.98. The molecule has 0 bridgehead atoms. The Balaban J connectivity index is 1.58. The van der Waals surface area contributed by atoms with E-state index in [4.69, 9.17) is 6.57 Å². The number of fused-ring (bicyclic) bond motifs is 2. The fourth-order valence-electron chi connectivity index (χ4n) is 4.93. The molecule has 0 aliphatic rings. The van der Waals surface area contributed by atoms with Gasteiger partial charge in [0.05, 0.1) is 23.5 Å². The van der Waals surface area contributed by atoms with Crippen LogP contribution < -0.4 is 10.9 Å². The van der Waals surface area contributed by atoms with E-state index in [1.807, 2.05) is 92.0 Å². The first-order valence-corrected chi connectivity index (χ1v) is 12.6. The third kappa shape index (κ3) is 4.38. The highest BCUT2D eigenvalue weighted by atomic mass is 16.1. The van der Waals surface area contributed by atoms with Crippen LogP contribution in [0.2, 0.25) is 0 Å². The van der Waals surface area contributed by atoms with Crippen molar-refractivity contribution in [3.05, 3.63) is 131 Å². The second-order valence-electron chi connectivity index (χ2n) is 9.36. The van der Waals surface area contributed by atoms with Crippen LogP contribution in [0.3, 0.4) is 0 Å². The van der Waals surface area contributed by atoms with Crippen LogP contribution in [0, 0.1) is 13.5 Å². The van der Waals surface area contributed by atoms with E-state index in [2.05, 4.69) is 31.2 Å². The predicted molar refractivity (Wildman–Crippen MR) is 155 cm³/mol. The van der Waals surface area contributed by atoms with Gasteiger partial charge < -0.3 is 5.32 Å². The highest BCUT2D eigenvalue weighted by Crippen LogP contribution is 2.32. The van der Waals surface area contributed by atoms with Crippen LogP contribution in [0.4, 0.5) is 11.5 Å². The van der Waals surface area contributed by atoms with Gasteiger partial charge in [-0.3, -0.25) is 19.3 Å². The minimum absolute atomic E-state index is 0.129. The van der Waals surface area contributed by atoms with Gasteiger partial charge in [-0.25, -0.2) is 9.83 Å². The van der Waals surface area contributed by atoms with Gasteiger partial charge >= 0.3 is 0 Å². The third-order valence-corrected chi connectivity index (χ3v) is 6.80. The van der Waals surface area contributed by atoms with Gasteiger partial charge in [-0.2, -0.15) is 0 Å². The summed E-state index contributed by atoms with van der Waals surface area (Å²) < 4.78 is 1.74. The molecule has 0 amide bonds. The van der Waals surface area contributed by atoms with E-state index in [0.29, 0.717) is 22.7 Å². The molecular weight excluding hydrogens is 484 g/mol. The zero-order valence-corrected chi connectivity index (χ0v) is 21.5. The number of hydrogen-bond acceptors (Lipinski definition) is 5. The van der Waals surface area contributed by atoms with Crippen molar-refractivity contribution in [1.29, 1.82) is 0 Å². The molecule has 0 spiro atoms. The Morgan fingerprint density at radius 1 is 0.897 bits per heavy atom. The van der Waals surface area contributed by atoms with Crippen LogP contribution in [0.25, 0.3) is 43.3 Å². The van der Waals surface area contributed by atoms with E-state index in [-0.39, 0.29) is 11.6 Å². The lowest BCUT2D eigenvalue weighted by molar-refractivity contribution is 0.772. The molecule has 0 fully saturated rings. The van der Waals surface area contributed by atoms with Crippen molar-refractivity contribution in [3.63, 3.8) is 0 Å². The average molecular weight is 509 g/mol. The van der Waals surface area contributed by atoms with E-state index >= 15 is 0 Å². The van der Waals surface area contributed by atoms with Crippen molar-refractivity contribution < 1.29 is 0 Å². The van der Waals surface area contributed by atoms with Gasteiger partial charge in [0.15, 0.2) is 0 Å². The first kappa shape index (κ1) is 24.0. The monoisotopic (exact) mass is 508 g/mol. The van der Waals surface area contributed by atoms with E-state index in [1.165, 1.54) is 6.20 Å². The molecule has 188 valence electrons. The summed E-state index contributed by atoms with van der Waals surface area (Å²) in [6.07, 6.45) is 3.34. The summed E-state index contributed by atoms with van der Waals surface area (Å²) in [6.45, 7) is 11.3. The van der Waals surface area contributed by atoms with Gasteiger partial charge in [0, 0.05) is 34.7 Å². The number of hydrogen-bond donors (Lipinski definition) is 1. The Kier molecular flexibility index (Phi) is 6.06. The summed E-state index contributed by atoms with van der Waals surface area (Å²) >= 11 is 0. The number of para-hydroxylation sites is 2. The Morgan fingerprint density at radius 3 is 2.49 bits per heavy atom. The van der Waals surface area contributed by atoms with Crippen LogP contribution >= 0.6 is 0 Å². The third-order valence-electron chi connectivity index (χ3n) is 6.80. The Labute approximate surface area is 225 Å². The number of pyridine rings is 2. The summed E-state index contributed by atoms with van der Waals surface area (Å²) in [4.78, 5) is 31.2. The molecular formula is C32H24N6O. The van der Waals surface area contributed by atoms with Crippen molar-refractivity contribution in [1.82, 2.24) is 19.5 Å². The van der Waals surface area contributed by atoms with Gasteiger partial charge in [0.1, 0.15) is 11.6 Å². The maximum atomic E-state index is 14.4. The fourth-order valence-corrected chi connectivity index (χ4v) is 4.93. The highest BCUT2D eigenvalue weighted by molar-refractivity contribution is 5.98. The van der Waals surface area contributed by atoms with Crippen LogP contribution in [-0.4, -0.2) is 19.5 Å². The SMILES string of the molecule is [C-]#[N+]c1cnc(C)nc1N[C@@H](C)c1cc2cccc(-c3cnc4ccccc4c3)c2c(=O)n1-c1ccccc1. The number of nitrogens with one attached hydrogen (secondary N) is 1. The van der Waals surface area contributed by atoms with Crippen LogP contribution in [-0.2, 0) is 0 Å². The topological polar surface area (TPSA) is 77.1 Å². The molecule has 7 nitrogen and oxygen atoms in total. The highest BCUT2D eigenvalue weighted by Gasteiger charge is 2.20. The number of benzene rings is 3. The minimum Gasteiger partial charge on any atom is -0.371 e. The number of rotatable bonds is 5. The number of aromatic nitrogens is 4. The van der Waals surface area contributed by atoms with Crippen LogP contribution in [0.5, 0.6) is 0 Å². The van der Waals surface area contributed by atoms with Crippen LogP contribution in [0.1, 0.15) is 24.5 Å². The van der Waals surface area contributed by atoms with E-state index in [0.717, 1.165) is 38.8 Å². The van der Waals surface area contributed by atoms with E-state index in [1.54, 1.807) is 11.5 Å². The van der Waals surface area contributed by atoms with Crippen molar-refractivity contribution in [2.24, 2.45) is 0 Å². The van der Waals surface area contributed by atoms with Crippen LogP contribution in [0.15, 0.2) is 102 Å². The van der Waals surface area contributed by atoms with Crippen molar-refractivity contribution in [3.8, 4) is 16.8 Å². The Morgan fingerprint density at radius 2 is 1.67 bits per heavy atom. The fraction of sp³-hybridized carbons (Fsp3) is 0.0938. The lowest BCUT2D eigenvalue weighted by Crippen LogP contribution is -2.26. The maximum absolute atomic E-state index is 14.4. The zero-order chi connectivity index (χ0) is 26.9. The first-order valence-electron chi connectivity index (χ1n) is 12.6. The molecule has 3 aromatic heterocycles. The van der Waals surface area contributed by atoms with Gasteiger partial charge in [-0.15, -0.1) is 0 Å². The summed E-state index contributed by atoms with van der Waals surface area (Å²) in [7, 11) is 0. The van der Waals surface area contributed by atoms with E-state index < -0.39 is 0 Å². The Hall–Kier alpha value is -5.35. The molecule has 7 heteroatoms. The van der Waals surface area contributed by atoms with Gasteiger partial charge in [-0.1, -0.05) is 54.6 Å². The minimum atomic E-state index is -0.344. The molecule has 1 N–H and O–H groups in total. The molecule has 0 aliphatic carbocycles. The van der Waals surface area contributed by atoms with Gasteiger partial charge in [-0.05, 0) is 55.1 Å². The predicted octanol–water partition coefficient (Wildman–Crippen LogP) is 7.03. The molecule has 0 saturated carbocycles. The normalized spacial score (nSPS) is 11.8. The second kappa shape index (κ2) is 9.84. The standard InChI is InChI=1S/C32H24N6O/c1-20(36-31-28(33-3)19-34-21(2)37-31)29-17-23-11-9-14-26(24-16-22-10-7-8-15-27(22)35-18-24)30(23)32(39)38(29)25-12-5-4-6-13-25/h4-20H,1-2H3,(H,34,36,37)/t20-/m0/s1. The molecule has 0 aliphatic heterocycles. The quantitative estimate of drug-likeness (QED) is 0.253. The summed E-state index contributed by atoms with van der Waals surface area (Å²) in [5.41, 5.74) is 4.32.